The number of hydrogen-bond acceptors (Lipinski definition) is 1. The predicted octanol–water partition coefficient (Wildman–Crippen LogP) is 7.08. The summed E-state index contributed by atoms with van der Waals surface area (Å²) in [7, 11) is 0. The van der Waals surface area contributed by atoms with Gasteiger partial charge in [0.05, 0.1) is 4.47 Å². The maximum atomic E-state index is 10.2. The number of benzene rings is 5. The molecule has 0 heterocycles. The van der Waals surface area contributed by atoms with Gasteiger partial charge >= 0.3 is 0 Å². The minimum atomic E-state index is 0.274. The lowest BCUT2D eigenvalue weighted by molar-refractivity contribution is 0.473. The van der Waals surface area contributed by atoms with E-state index in [4.69, 9.17) is 0 Å². The summed E-state index contributed by atoms with van der Waals surface area (Å²) in [6, 6.07) is 23.2. The van der Waals surface area contributed by atoms with E-state index in [1.807, 2.05) is 6.07 Å². The molecule has 0 aromatic heterocycles. The Morgan fingerprint density at radius 3 is 2.28 bits per heavy atom. The second-order valence-corrected chi connectivity index (χ2v) is 7.35. The Kier molecular flexibility index (Phi) is 3.07. The smallest absolute Gasteiger partial charge is 0.130 e. The van der Waals surface area contributed by atoms with Gasteiger partial charge in [-0.1, -0.05) is 60.7 Å². The van der Waals surface area contributed by atoms with Gasteiger partial charge in [0.15, 0.2) is 0 Å². The molecular formula is C23H15BrO. The first-order valence-corrected chi connectivity index (χ1v) is 9.09. The minimum Gasteiger partial charge on any atom is -0.507 e. The number of aromatic hydroxyl groups is 1. The average molecular weight is 387 g/mol. The Hall–Kier alpha value is -2.58. The van der Waals surface area contributed by atoms with Gasteiger partial charge in [0, 0.05) is 5.39 Å². The molecule has 0 amide bonds. The SMILES string of the molecule is Cc1cc2ccc(O)c(Br)c2c2ccc3c4ccccc4ccc3c12. The van der Waals surface area contributed by atoms with Gasteiger partial charge in [-0.25, -0.2) is 0 Å². The Balaban J connectivity index is 2.08. The third kappa shape index (κ3) is 2.01. The van der Waals surface area contributed by atoms with Gasteiger partial charge in [0.2, 0.25) is 0 Å². The molecule has 0 aliphatic carbocycles. The molecule has 5 aromatic rings. The van der Waals surface area contributed by atoms with Crippen LogP contribution in [0, 0.1) is 6.92 Å². The van der Waals surface area contributed by atoms with E-state index in [0.717, 1.165) is 15.2 Å². The van der Waals surface area contributed by atoms with Crippen molar-refractivity contribution in [3.8, 4) is 5.75 Å². The molecule has 5 rings (SSSR count). The lowest BCUT2D eigenvalue weighted by atomic mass is 9.91. The molecule has 0 atom stereocenters. The number of hydrogen-bond donors (Lipinski definition) is 1. The molecule has 1 N–H and O–H groups in total. The molecule has 1 nitrogen and oxygen atoms in total. The topological polar surface area (TPSA) is 20.2 Å². The minimum absolute atomic E-state index is 0.274. The first-order valence-electron chi connectivity index (χ1n) is 8.30. The first-order chi connectivity index (χ1) is 12.1. The second-order valence-electron chi connectivity index (χ2n) is 6.56. The van der Waals surface area contributed by atoms with Crippen molar-refractivity contribution in [2.75, 3.05) is 0 Å². The van der Waals surface area contributed by atoms with Gasteiger partial charge in [-0.2, -0.15) is 0 Å². The molecule has 25 heavy (non-hydrogen) atoms. The summed E-state index contributed by atoms with van der Waals surface area (Å²) < 4.78 is 0.759. The highest BCUT2D eigenvalue weighted by Crippen LogP contribution is 2.41. The van der Waals surface area contributed by atoms with Gasteiger partial charge < -0.3 is 5.11 Å². The van der Waals surface area contributed by atoms with Crippen LogP contribution in [0.3, 0.4) is 0 Å². The summed E-state index contributed by atoms with van der Waals surface area (Å²) in [5.41, 5.74) is 1.25. The number of rotatable bonds is 0. The number of phenolic OH excluding ortho intramolecular Hbond substituents is 1. The Labute approximate surface area is 153 Å². The van der Waals surface area contributed by atoms with E-state index < -0.39 is 0 Å². The molecule has 0 unspecified atom stereocenters. The quantitative estimate of drug-likeness (QED) is 0.282. The summed E-state index contributed by atoms with van der Waals surface area (Å²) in [6.45, 7) is 2.16. The molecule has 0 aliphatic heterocycles. The summed E-state index contributed by atoms with van der Waals surface area (Å²) in [5, 5.41) is 19.8. The Bertz CT molecular complexity index is 1320. The van der Waals surface area contributed by atoms with E-state index in [1.165, 1.54) is 37.9 Å². The Morgan fingerprint density at radius 1 is 0.680 bits per heavy atom. The molecule has 0 saturated carbocycles. The molecule has 2 heteroatoms. The molecule has 0 fully saturated rings. The van der Waals surface area contributed by atoms with Crippen LogP contribution in [-0.4, -0.2) is 5.11 Å². The van der Waals surface area contributed by atoms with Gasteiger partial charge in [-0.3, -0.25) is 0 Å². The molecule has 0 bridgehead atoms. The third-order valence-corrected chi connectivity index (χ3v) is 5.92. The van der Waals surface area contributed by atoms with Crippen molar-refractivity contribution in [3.63, 3.8) is 0 Å². The van der Waals surface area contributed by atoms with Crippen molar-refractivity contribution in [1.29, 1.82) is 0 Å². The van der Waals surface area contributed by atoms with Gasteiger partial charge in [0.1, 0.15) is 5.75 Å². The highest BCUT2D eigenvalue weighted by molar-refractivity contribution is 9.10. The van der Waals surface area contributed by atoms with Crippen molar-refractivity contribution in [2.45, 2.75) is 6.92 Å². The van der Waals surface area contributed by atoms with E-state index >= 15 is 0 Å². The fraction of sp³-hybridized carbons (Fsp3) is 0.0435. The summed E-state index contributed by atoms with van der Waals surface area (Å²) >= 11 is 3.58. The van der Waals surface area contributed by atoms with Crippen LogP contribution in [0.1, 0.15) is 5.56 Å². The van der Waals surface area contributed by atoms with Gasteiger partial charge in [-0.05, 0) is 72.2 Å². The van der Waals surface area contributed by atoms with Gasteiger partial charge in [0.25, 0.3) is 0 Å². The largest absolute Gasteiger partial charge is 0.507 e. The number of halogens is 1. The van der Waals surface area contributed by atoms with Crippen LogP contribution in [0.15, 0.2) is 71.2 Å². The molecule has 5 aromatic carbocycles. The van der Waals surface area contributed by atoms with Crippen LogP contribution >= 0.6 is 15.9 Å². The normalized spacial score (nSPS) is 11.8. The zero-order chi connectivity index (χ0) is 17.1. The fourth-order valence-electron chi connectivity index (χ4n) is 4.00. The zero-order valence-corrected chi connectivity index (χ0v) is 15.3. The van der Waals surface area contributed by atoms with E-state index in [-0.39, 0.29) is 5.75 Å². The number of aryl methyl sites for hydroxylation is 1. The van der Waals surface area contributed by atoms with Crippen molar-refractivity contribution in [1.82, 2.24) is 0 Å². The maximum Gasteiger partial charge on any atom is 0.130 e. The number of fused-ring (bicyclic) bond motifs is 7. The number of phenols is 1. The maximum absolute atomic E-state index is 10.2. The standard InChI is InChI=1S/C23H15BrO/c1-13-12-15-7-11-20(25)23(24)22(15)19-10-9-17-16-5-3-2-4-14(16)6-8-18(17)21(13)19/h2-12,25H,1H3. The van der Waals surface area contributed by atoms with E-state index in [1.54, 1.807) is 6.07 Å². The molecule has 0 radical (unpaired) electrons. The van der Waals surface area contributed by atoms with E-state index in [2.05, 4.69) is 77.5 Å². The average Bonchev–Trinajstić information content (AvgIpc) is 2.64. The lowest BCUT2D eigenvalue weighted by Gasteiger charge is -2.14. The predicted molar refractivity (Wildman–Crippen MR) is 111 cm³/mol. The molecule has 0 spiro atoms. The van der Waals surface area contributed by atoms with Crippen molar-refractivity contribution in [3.05, 3.63) is 76.8 Å². The van der Waals surface area contributed by atoms with Crippen LogP contribution < -0.4 is 0 Å². The van der Waals surface area contributed by atoms with Crippen LogP contribution in [0.5, 0.6) is 5.75 Å². The van der Waals surface area contributed by atoms with Crippen LogP contribution in [0.25, 0.3) is 43.1 Å². The third-order valence-electron chi connectivity index (χ3n) is 5.12. The summed E-state index contributed by atoms with van der Waals surface area (Å²) in [6.07, 6.45) is 0. The summed E-state index contributed by atoms with van der Waals surface area (Å²) in [5.74, 6) is 0.274. The van der Waals surface area contributed by atoms with Crippen molar-refractivity contribution in [2.24, 2.45) is 0 Å². The van der Waals surface area contributed by atoms with Crippen LogP contribution in [0.2, 0.25) is 0 Å². The second kappa shape index (κ2) is 5.21. The molecular weight excluding hydrogens is 372 g/mol. The lowest BCUT2D eigenvalue weighted by Crippen LogP contribution is -1.87. The van der Waals surface area contributed by atoms with Crippen LogP contribution in [0.4, 0.5) is 0 Å². The highest BCUT2D eigenvalue weighted by Gasteiger charge is 2.13. The van der Waals surface area contributed by atoms with Gasteiger partial charge in [-0.15, -0.1) is 0 Å². The monoisotopic (exact) mass is 386 g/mol. The highest BCUT2D eigenvalue weighted by atomic mass is 79.9. The Morgan fingerprint density at radius 2 is 1.40 bits per heavy atom. The van der Waals surface area contributed by atoms with Crippen LogP contribution in [-0.2, 0) is 0 Å². The van der Waals surface area contributed by atoms with E-state index in [9.17, 15) is 5.11 Å². The first kappa shape index (κ1) is 14.7. The summed E-state index contributed by atoms with van der Waals surface area (Å²) in [4.78, 5) is 0. The van der Waals surface area contributed by atoms with E-state index in [0.29, 0.717) is 0 Å². The zero-order valence-electron chi connectivity index (χ0n) is 13.7. The molecule has 0 aliphatic rings. The fourth-order valence-corrected chi connectivity index (χ4v) is 4.58. The molecule has 120 valence electrons. The van der Waals surface area contributed by atoms with Crippen molar-refractivity contribution < 1.29 is 5.11 Å². The van der Waals surface area contributed by atoms with Crippen molar-refractivity contribution >= 4 is 59.0 Å². The molecule has 0 saturated heterocycles.